The SMILES string of the molecule is COc1c(C)cc(CBr)nc1OC(F)(F)F. The van der Waals surface area contributed by atoms with Gasteiger partial charge in [0.25, 0.3) is 5.88 Å². The minimum Gasteiger partial charge on any atom is -0.491 e. The fourth-order valence-electron chi connectivity index (χ4n) is 1.19. The van der Waals surface area contributed by atoms with Crippen LogP contribution < -0.4 is 9.47 Å². The molecule has 0 aliphatic rings. The van der Waals surface area contributed by atoms with Crippen molar-refractivity contribution >= 4 is 15.9 Å². The smallest absolute Gasteiger partial charge is 0.491 e. The van der Waals surface area contributed by atoms with Gasteiger partial charge in [-0.25, -0.2) is 4.98 Å². The lowest BCUT2D eigenvalue weighted by atomic mass is 10.2. The molecule has 0 saturated carbocycles. The van der Waals surface area contributed by atoms with Crippen LogP contribution in [0.3, 0.4) is 0 Å². The first-order valence-electron chi connectivity index (χ1n) is 4.23. The third-order valence-corrected chi connectivity index (χ3v) is 2.31. The van der Waals surface area contributed by atoms with Crippen molar-refractivity contribution in [2.24, 2.45) is 0 Å². The number of nitrogens with zero attached hydrogens (tertiary/aromatic N) is 1. The fraction of sp³-hybridized carbons (Fsp3) is 0.444. The number of pyridine rings is 1. The van der Waals surface area contributed by atoms with Crippen LogP contribution in [0.25, 0.3) is 0 Å². The van der Waals surface area contributed by atoms with Crippen LogP contribution in [-0.4, -0.2) is 18.5 Å². The molecule has 7 heteroatoms. The van der Waals surface area contributed by atoms with Gasteiger partial charge in [-0.1, -0.05) is 15.9 Å². The van der Waals surface area contributed by atoms with Crippen LogP contribution in [0.1, 0.15) is 11.3 Å². The van der Waals surface area contributed by atoms with Crippen LogP contribution in [-0.2, 0) is 5.33 Å². The highest BCUT2D eigenvalue weighted by molar-refractivity contribution is 9.08. The average molecular weight is 300 g/mol. The highest BCUT2D eigenvalue weighted by Crippen LogP contribution is 2.33. The Kier molecular flexibility index (Phi) is 4.01. The first kappa shape index (κ1) is 13.1. The molecule has 0 N–H and O–H groups in total. The highest BCUT2D eigenvalue weighted by atomic mass is 79.9. The van der Waals surface area contributed by atoms with E-state index >= 15 is 0 Å². The molecule has 0 spiro atoms. The monoisotopic (exact) mass is 299 g/mol. The van der Waals surface area contributed by atoms with Gasteiger partial charge in [-0.05, 0) is 18.6 Å². The van der Waals surface area contributed by atoms with Crippen LogP contribution >= 0.6 is 15.9 Å². The fourth-order valence-corrected chi connectivity index (χ4v) is 1.48. The van der Waals surface area contributed by atoms with Crippen molar-refractivity contribution in [1.82, 2.24) is 4.98 Å². The average Bonchev–Trinajstić information content (AvgIpc) is 2.14. The van der Waals surface area contributed by atoms with E-state index in [1.165, 1.54) is 7.11 Å². The number of aromatic nitrogens is 1. The minimum absolute atomic E-state index is 0.0120. The number of ether oxygens (including phenoxy) is 2. The maximum Gasteiger partial charge on any atom is 0.574 e. The first-order valence-corrected chi connectivity index (χ1v) is 5.35. The van der Waals surface area contributed by atoms with Crippen LogP contribution in [0.15, 0.2) is 6.07 Å². The van der Waals surface area contributed by atoms with Gasteiger partial charge in [-0.15, -0.1) is 13.2 Å². The molecule has 90 valence electrons. The largest absolute Gasteiger partial charge is 0.574 e. The lowest BCUT2D eigenvalue weighted by Crippen LogP contribution is -2.19. The van der Waals surface area contributed by atoms with Crippen molar-refractivity contribution in [3.63, 3.8) is 0 Å². The van der Waals surface area contributed by atoms with Gasteiger partial charge >= 0.3 is 6.36 Å². The summed E-state index contributed by atoms with van der Waals surface area (Å²) in [6.07, 6.45) is -4.78. The highest BCUT2D eigenvalue weighted by Gasteiger charge is 2.33. The van der Waals surface area contributed by atoms with E-state index in [4.69, 9.17) is 4.74 Å². The summed E-state index contributed by atoms with van der Waals surface area (Å²) in [6, 6.07) is 1.62. The number of rotatable bonds is 3. The van der Waals surface area contributed by atoms with Gasteiger partial charge in [0.2, 0.25) is 0 Å². The second-order valence-corrected chi connectivity index (χ2v) is 3.51. The van der Waals surface area contributed by atoms with Crippen LogP contribution in [0, 0.1) is 6.92 Å². The molecule has 0 aliphatic heterocycles. The molecule has 0 radical (unpaired) electrons. The van der Waals surface area contributed by atoms with Gasteiger partial charge in [-0.2, -0.15) is 0 Å². The van der Waals surface area contributed by atoms with Gasteiger partial charge < -0.3 is 9.47 Å². The van der Waals surface area contributed by atoms with E-state index in [0.29, 0.717) is 16.6 Å². The Labute approximate surface area is 98.7 Å². The molecule has 0 bridgehead atoms. The molecule has 1 heterocycles. The van der Waals surface area contributed by atoms with Crippen molar-refractivity contribution in [1.29, 1.82) is 0 Å². The molecule has 0 atom stereocenters. The van der Waals surface area contributed by atoms with Crippen LogP contribution in [0.5, 0.6) is 11.6 Å². The van der Waals surface area contributed by atoms with E-state index in [1.807, 2.05) is 0 Å². The lowest BCUT2D eigenvalue weighted by molar-refractivity contribution is -0.276. The van der Waals surface area contributed by atoms with Crippen molar-refractivity contribution in [3.8, 4) is 11.6 Å². The molecule has 1 aromatic heterocycles. The van der Waals surface area contributed by atoms with E-state index in [9.17, 15) is 13.2 Å². The standard InChI is InChI=1S/C9H9BrF3NO2/c1-5-3-6(4-10)14-8(7(5)15-2)16-9(11,12)13/h3H,4H2,1-2H3. The summed E-state index contributed by atoms with van der Waals surface area (Å²) in [4.78, 5) is 3.69. The van der Waals surface area contributed by atoms with E-state index in [2.05, 4.69) is 25.7 Å². The third kappa shape index (κ3) is 3.26. The maximum atomic E-state index is 12.1. The topological polar surface area (TPSA) is 31.4 Å². The predicted molar refractivity (Wildman–Crippen MR) is 54.8 cm³/mol. The molecule has 3 nitrogen and oxygen atoms in total. The summed E-state index contributed by atoms with van der Waals surface area (Å²) in [5.41, 5.74) is 0.976. The zero-order chi connectivity index (χ0) is 12.3. The third-order valence-electron chi connectivity index (χ3n) is 1.73. The molecule has 0 amide bonds. The summed E-state index contributed by atoms with van der Waals surface area (Å²) in [7, 11) is 1.26. The normalized spacial score (nSPS) is 11.4. The van der Waals surface area contributed by atoms with Crippen molar-refractivity contribution < 1.29 is 22.6 Å². The summed E-state index contributed by atoms with van der Waals surface area (Å²) in [5, 5.41) is 0.339. The number of alkyl halides is 4. The number of halogens is 4. The van der Waals surface area contributed by atoms with E-state index in [0.717, 1.165) is 0 Å². The van der Waals surface area contributed by atoms with Crippen LogP contribution in [0.2, 0.25) is 0 Å². The molecule has 1 aromatic rings. The Hall–Kier alpha value is -0.980. The Morgan fingerprint density at radius 1 is 1.44 bits per heavy atom. The Balaban J connectivity index is 3.18. The molecule has 1 rings (SSSR count). The van der Waals surface area contributed by atoms with E-state index in [1.54, 1.807) is 13.0 Å². The van der Waals surface area contributed by atoms with Crippen molar-refractivity contribution in [3.05, 3.63) is 17.3 Å². The zero-order valence-corrected chi connectivity index (χ0v) is 10.1. The quantitative estimate of drug-likeness (QED) is 0.803. The van der Waals surface area contributed by atoms with Crippen molar-refractivity contribution in [2.45, 2.75) is 18.6 Å². The molecule has 0 aliphatic carbocycles. The molecular formula is C9H9BrF3NO2. The second kappa shape index (κ2) is 4.90. The predicted octanol–water partition coefficient (Wildman–Crippen LogP) is 3.19. The maximum absolute atomic E-state index is 12.1. The molecule has 0 unspecified atom stereocenters. The molecule has 0 fully saturated rings. The summed E-state index contributed by atoms with van der Waals surface area (Å²) in [5.74, 6) is -0.577. The van der Waals surface area contributed by atoms with Gasteiger partial charge in [0.05, 0.1) is 12.8 Å². The minimum atomic E-state index is -4.78. The van der Waals surface area contributed by atoms with Gasteiger partial charge in [0, 0.05) is 5.33 Å². The molecule has 0 aromatic carbocycles. The second-order valence-electron chi connectivity index (χ2n) is 2.95. The first-order chi connectivity index (χ1) is 7.37. The zero-order valence-electron chi connectivity index (χ0n) is 8.56. The lowest BCUT2D eigenvalue weighted by Gasteiger charge is -2.14. The van der Waals surface area contributed by atoms with E-state index < -0.39 is 12.2 Å². The Morgan fingerprint density at radius 3 is 2.50 bits per heavy atom. The molecule has 16 heavy (non-hydrogen) atoms. The number of hydrogen-bond acceptors (Lipinski definition) is 3. The summed E-state index contributed by atoms with van der Waals surface area (Å²) < 4.78 is 44.9. The molecular weight excluding hydrogens is 291 g/mol. The van der Waals surface area contributed by atoms with Crippen LogP contribution in [0.4, 0.5) is 13.2 Å². The van der Waals surface area contributed by atoms with Gasteiger partial charge in [-0.3, -0.25) is 0 Å². The molecule has 0 saturated heterocycles. The Morgan fingerprint density at radius 2 is 2.06 bits per heavy atom. The van der Waals surface area contributed by atoms with E-state index in [-0.39, 0.29) is 5.75 Å². The number of hydrogen-bond donors (Lipinski definition) is 0. The van der Waals surface area contributed by atoms with Crippen molar-refractivity contribution in [2.75, 3.05) is 7.11 Å². The number of aryl methyl sites for hydroxylation is 1. The summed E-state index contributed by atoms with van der Waals surface area (Å²) >= 11 is 3.11. The Bertz CT molecular complexity index is 382. The number of methoxy groups -OCH3 is 1. The van der Waals surface area contributed by atoms with Gasteiger partial charge in [0.1, 0.15) is 0 Å². The van der Waals surface area contributed by atoms with Gasteiger partial charge in [0.15, 0.2) is 5.75 Å². The summed E-state index contributed by atoms with van der Waals surface area (Å²) in [6.45, 7) is 1.62.